The highest BCUT2D eigenvalue weighted by atomic mass is 16.2. The van der Waals surface area contributed by atoms with Crippen molar-refractivity contribution in [1.82, 2.24) is 9.80 Å². The molecule has 132 valence electrons. The number of hydrogen-bond acceptors (Lipinski definition) is 2. The summed E-state index contributed by atoms with van der Waals surface area (Å²) < 4.78 is 0. The maximum absolute atomic E-state index is 13.0. The molecule has 1 amide bonds. The van der Waals surface area contributed by atoms with Crippen molar-refractivity contribution in [3.05, 3.63) is 71.3 Å². The minimum atomic E-state index is -0.0965. The number of nitrogens with zero attached hydrogens (tertiary/aromatic N) is 2. The molecule has 1 saturated carbocycles. The van der Waals surface area contributed by atoms with E-state index in [-0.39, 0.29) is 11.9 Å². The Bertz CT molecular complexity index is 709. The van der Waals surface area contributed by atoms with E-state index < -0.39 is 0 Å². The second-order valence-corrected chi connectivity index (χ2v) is 7.19. The molecule has 0 spiro atoms. The lowest BCUT2D eigenvalue weighted by Gasteiger charge is -2.32. The van der Waals surface area contributed by atoms with Gasteiger partial charge in [-0.2, -0.15) is 0 Å². The molecule has 1 aliphatic carbocycles. The monoisotopic (exact) mass is 336 g/mol. The molecule has 2 aromatic carbocycles. The summed E-state index contributed by atoms with van der Waals surface area (Å²) in [6.07, 6.45) is 2.40. The van der Waals surface area contributed by atoms with Gasteiger partial charge in [0.15, 0.2) is 0 Å². The molecule has 0 radical (unpaired) electrons. The summed E-state index contributed by atoms with van der Waals surface area (Å²) in [7, 11) is 1.91. The van der Waals surface area contributed by atoms with Crippen LogP contribution in [0.3, 0.4) is 0 Å². The van der Waals surface area contributed by atoms with Crippen molar-refractivity contribution < 1.29 is 4.79 Å². The van der Waals surface area contributed by atoms with Crippen LogP contribution in [-0.4, -0.2) is 34.8 Å². The molecule has 0 bridgehead atoms. The number of hydrogen-bond donors (Lipinski definition) is 0. The molecule has 2 aromatic rings. The molecule has 3 nitrogen and oxygen atoms in total. The standard InChI is InChI=1S/C22H28N2O/c1-17-9-7-8-12-20(17)16-24(21-13-14-21)18(2)22(25)23(3)15-19-10-5-4-6-11-19/h4-12,18,21H,13-16H2,1-3H3. The molecular weight excluding hydrogens is 308 g/mol. The number of benzene rings is 2. The number of aryl methyl sites for hydroxylation is 1. The van der Waals surface area contributed by atoms with Crippen molar-refractivity contribution in [2.24, 2.45) is 0 Å². The summed E-state index contributed by atoms with van der Waals surface area (Å²) in [5, 5.41) is 0. The first-order valence-corrected chi connectivity index (χ1v) is 9.15. The van der Waals surface area contributed by atoms with E-state index in [1.807, 2.05) is 30.1 Å². The first-order valence-electron chi connectivity index (χ1n) is 9.15. The zero-order chi connectivity index (χ0) is 17.8. The van der Waals surface area contributed by atoms with E-state index in [1.165, 1.54) is 29.5 Å². The fourth-order valence-electron chi connectivity index (χ4n) is 3.37. The zero-order valence-electron chi connectivity index (χ0n) is 15.5. The van der Waals surface area contributed by atoms with Crippen molar-refractivity contribution in [2.45, 2.75) is 51.9 Å². The van der Waals surface area contributed by atoms with Crippen molar-refractivity contribution in [3.8, 4) is 0 Å². The minimum absolute atomic E-state index is 0.0965. The lowest BCUT2D eigenvalue weighted by Crippen LogP contribution is -2.46. The van der Waals surface area contributed by atoms with E-state index in [0.717, 1.165) is 6.54 Å². The van der Waals surface area contributed by atoms with Crippen LogP contribution in [0.2, 0.25) is 0 Å². The largest absolute Gasteiger partial charge is 0.340 e. The molecule has 3 rings (SSSR count). The first kappa shape index (κ1) is 17.7. The van der Waals surface area contributed by atoms with E-state index in [1.54, 1.807) is 0 Å². The van der Waals surface area contributed by atoms with Gasteiger partial charge in [0, 0.05) is 26.2 Å². The first-order chi connectivity index (χ1) is 12.1. The Labute approximate surface area is 151 Å². The predicted octanol–water partition coefficient (Wildman–Crippen LogP) is 4.01. The Morgan fingerprint density at radius 3 is 2.32 bits per heavy atom. The van der Waals surface area contributed by atoms with Crippen LogP contribution >= 0.6 is 0 Å². The third-order valence-corrected chi connectivity index (χ3v) is 5.12. The van der Waals surface area contributed by atoms with Crippen LogP contribution in [-0.2, 0) is 17.9 Å². The number of carbonyl (C=O) groups is 1. The van der Waals surface area contributed by atoms with Gasteiger partial charge in [0.05, 0.1) is 6.04 Å². The average Bonchev–Trinajstić information content (AvgIpc) is 3.45. The van der Waals surface area contributed by atoms with Crippen LogP contribution in [0.1, 0.15) is 36.5 Å². The molecule has 1 aliphatic rings. The number of rotatable bonds is 7. The fourth-order valence-corrected chi connectivity index (χ4v) is 3.37. The smallest absolute Gasteiger partial charge is 0.239 e. The Hall–Kier alpha value is -2.13. The molecular formula is C22H28N2O. The summed E-state index contributed by atoms with van der Waals surface area (Å²) in [5.74, 6) is 0.198. The molecule has 0 aromatic heterocycles. The van der Waals surface area contributed by atoms with Crippen molar-refractivity contribution in [1.29, 1.82) is 0 Å². The third kappa shape index (κ3) is 4.49. The SMILES string of the molecule is Cc1ccccc1CN(C1CC1)C(C)C(=O)N(C)Cc1ccccc1. The summed E-state index contributed by atoms with van der Waals surface area (Å²) in [6, 6.07) is 19.1. The predicted molar refractivity (Wildman–Crippen MR) is 102 cm³/mol. The Kier molecular flexibility index (Phi) is 5.54. The van der Waals surface area contributed by atoms with Gasteiger partial charge in [-0.1, -0.05) is 54.6 Å². The highest BCUT2D eigenvalue weighted by molar-refractivity contribution is 5.81. The summed E-state index contributed by atoms with van der Waals surface area (Å²) in [5.41, 5.74) is 3.78. The maximum Gasteiger partial charge on any atom is 0.239 e. The second-order valence-electron chi connectivity index (χ2n) is 7.19. The number of likely N-dealkylation sites (N-methyl/N-ethyl adjacent to an activating group) is 1. The molecule has 1 fully saturated rings. The number of amides is 1. The van der Waals surface area contributed by atoms with Gasteiger partial charge in [-0.05, 0) is 43.4 Å². The molecule has 0 N–H and O–H groups in total. The third-order valence-electron chi connectivity index (χ3n) is 5.12. The van der Waals surface area contributed by atoms with Gasteiger partial charge < -0.3 is 4.90 Å². The van der Waals surface area contributed by atoms with E-state index in [9.17, 15) is 4.79 Å². The molecule has 0 heterocycles. The summed E-state index contributed by atoms with van der Waals surface area (Å²) in [6.45, 7) is 5.71. The van der Waals surface area contributed by atoms with Crippen LogP contribution in [0, 0.1) is 6.92 Å². The van der Waals surface area contributed by atoms with Gasteiger partial charge in [0.1, 0.15) is 0 Å². The Morgan fingerprint density at radius 1 is 1.04 bits per heavy atom. The van der Waals surface area contributed by atoms with Gasteiger partial charge in [0.2, 0.25) is 5.91 Å². The van der Waals surface area contributed by atoms with Gasteiger partial charge in [-0.15, -0.1) is 0 Å². The molecule has 3 heteroatoms. The van der Waals surface area contributed by atoms with E-state index in [4.69, 9.17) is 0 Å². The molecule has 0 aliphatic heterocycles. The van der Waals surface area contributed by atoms with E-state index >= 15 is 0 Å². The topological polar surface area (TPSA) is 23.6 Å². The van der Waals surface area contributed by atoms with Crippen LogP contribution in [0.15, 0.2) is 54.6 Å². The summed E-state index contributed by atoms with van der Waals surface area (Å²) >= 11 is 0. The second kappa shape index (κ2) is 7.83. The molecule has 25 heavy (non-hydrogen) atoms. The normalized spacial score (nSPS) is 15.2. The van der Waals surface area contributed by atoms with Gasteiger partial charge in [-0.25, -0.2) is 0 Å². The van der Waals surface area contributed by atoms with Crippen molar-refractivity contribution in [2.75, 3.05) is 7.05 Å². The summed E-state index contributed by atoms with van der Waals surface area (Å²) in [4.78, 5) is 17.2. The Balaban J connectivity index is 1.68. The Morgan fingerprint density at radius 2 is 1.68 bits per heavy atom. The molecule has 1 unspecified atom stereocenters. The molecule has 1 atom stereocenters. The van der Waals surface area contributed by atoms with Crippen LogP contribution in [0.5, 0.6) is 0 Å². The minimum Gasteiger partial charge on any atom is -0.340 e. The van der Waals surface area contributed by atoms with Gasteiger partial charge in [0.25, 0.3) is 0 Å². The van der Waals surface area contributed by atoms with E-state index in [2.05, 4.69) is 55.1 Å². The lowest BCUT2D eigenvalue weighted by molar-refractivity contribution is -0.136. The van der Waals surface area contributed by atoms with Crippen LogP contribution in [0.4, 0.5) is 0 Å². The van der Waals surface area contributed by atoms with Gasteiger partial charge in [-0.3, -0.25) is 9.69 Å². The lowest BCUT2D eigenvalue weighted by atomic mass is 10.1. The van der Waals surface area contributed by atoms with Crippen molar-refractivity contribution in [3.63, 3.8) is 0 Å². The highest BCUT2D eigenvalue weighted by Gasteiger charge is 2.36. The number of carbonyl (C=O) groups excluding carboxylic acids is 1. The molecule has 0 saturated heterocycles. The maximum atomic E-state index is 13.0. The zero-order valence-corrected chi connectivity index (χ0v) is 15.5. The van der Waals surface area contributed by atoms with Crippen molar-refractivity contribution >= 4 is 5.91 Å². The average molecular weight is 336 g/mol. The van der Waals surface area contributed by atoms with Crippen LogP contribution < -0.4 is 0 Å². The fraction of sp³-hybridized carbons (Fsp3) is 0.409. The van der Waals surface area contributed by atoms with E-state index in [0.29, 0.717) is 12.6 Å². The quantitative estimate of drug-likeness (QED) is 0.763. The highest BCUT2D eigenvalue weighted by Crippen LogP contribution is 2.31. The van der Waals surface area contributed by atoms with Crippen LogP contribution in [0.25, 0.3) is 0 Å². The van der Waals surface area contributed by atoms with Gasteiger partial charge >= 0.3 is 0 Å².